The fourth-order valence-corrected chi connectivity index (χ4v) is 0.988. The van der Waals surface area contributed by atoms with Crippen LogP contribution in [0.25, 0.3) is 0 Å². The van der Waals surface area contributed by atoms with Crippen LogP contribution in [0.4, 0.5) is 13.2 Å². The molecule has 0 amide bonds. The summed E-state index contributed by atoms with van der Waals surface area (Å²) < 4.78 is 37.3. The molecule has 15 heavy (non-hydrogen) atoms. The van der Waals surface area contributed by atoms with E-state index in [1.54, 1.807) is 0 Å². The van der Waals surface area contributed by atoms with E-state index in [1.807, 2.05) is 0 Å². The highest BCUT2D eigenvalue weighted by Gasteiger charge is 2.33. The largest absolute Gasteiger partial charge is 0.418 e. The zero-order valence-corrected chi connectivity index (χ0v) is 7.62. The Hall–Kier alpha value is -1.79. The highest BCUT2D eigenvalue weighted by atomic mass is 19.4. The maximum atomic E-state index is 12.4. The van der Waals surface area contributed by atoms with Crippen LogP contribution in [0.15, 0.2) is 23.3 Å². The number of hydrogen-bond donors (Lipinski definition) is 2. The van der Waals surface area contributed by atoms with Crippen LogP contribution in [0.2, 0.25) is 0 Å². The van der Waals surface area contributed by atoms with Crippen molar-refractivity contribution in [3.63, 3.8) is 0 Å². The second-order valence-electron chi connectivity index (χ2n) is 2.74. The van der Waals surface area contributed by atoms with E-state index in [1.165, 1.54) is 12.3 Å². The van der Waals surface area contributed by atoms with Crippen molar-refractivity contribution < 1.29 is 13.2 Å². The molecule has 0 spiro atoms. The molecule has 82 valence electrons. The highest BCUT2D eigenvalue weighted by Crippen LogP contribution is 2.31. The second kappa shape index (κ2) is 4.16. The first-order valence-electron chi connectivity index (χ1n) is 3.97. The van der Waals surface area contributed by atoms with Crippen LogP contribution >= 0.6 is 0 Å². The summed E-state index contributed by atoms with van der Waals surface area (Å²) in [5.41, 5.74) is 9.02. The normalized spacial score (nSPS) is 11.1. The Balaban J connectivity index is 3.02. The van der Waals surface area contributed by atoms with Crippen molar-refractivity contribution >= 4 is 5.96 Å². The molecule has 0 saturated heterocycles. The Bertz CT molecular complexity index is 368. The first-order valence-corrected chi connectivity index (χ1v) is 3.97. The molecule has 0 radical (unpaired) electrons. The molecule has 1 aromatic heterocycles. The van der Waals surface area contributed by atoms with Gasteiger partial charge in [-0.25, -0.2) is 4.99 Å². The summed E-state index contributed by atoms with van der Waals surface area (Å²) in [5.74, 6) is -0.270. The van der Waals surface area contributed by atoms with E-state index in [9.17, 15) is 13.2 Å². The summed E-state index contributed by atoms with van der Waals surface area (Å²) in [6, 6.07) is 2.15. The lowest BCUT2D eigenvalue weighted by Gasteiger charge is -2.09. The Labute approximate surface area is 83.8 Å². The molecule has 1 rings (SSSR count). The summed E-state index contributed by atoms with van der Waals surface area (Å²) in [6.45, 7) is -0.280. The quantitative estimate of drug-likeness (QED) is 0.571. The van der Waals surface area contributed by atoms with E-state index in [0.717, 1.165) is 6.07 Å². The number of aliphatic imine (C=N–C) groups is 1. The third-order valence-corrected chi connectivity index (χ3v) is 1.61. The minimum atomic E-state index is -4.44. The monoisotopic (exact) mass is 218 g/mol. The van der Waals surface area contributed by atoms with Crippen LogP contribution in [0.1, 0.15) is 11.3 Å². The van der Waals surface area contributed by atoms with Crippen molar-refractivity contribution in [2.75, 3.05) is 0 Å². The molecule has 4 nitrogen and oxygen atoms in total. The molecule has 0 aliphatic heterocycles. The number of nitrogens with zero attached hydrogens (tertiary/aromatic N) is 2. The maximum absolute atomic E-state index is 12.4. The molecular weight excluding hydrogens is 209 g/mol. The van der Waals surface area contributed by atoms with Crippen LogP contribution in [0.5, 0.6) is 0 Å². The lowest BCUT2D eigenvalue weighted by atomic mass is 10.2. The predicted octanol–water partition coefficient (Wildman–Crippen LogP) is 0.874. The fourth-order valence-electron chi connectivity index (χ4n) is 0.988. The SMILES string of the molecule is NC(N)=NCc1ncccc1C(F)(F)F. The van der Waals surface area contributed by atoms with Crippen LogP contribution in [0, 0.1) is 0 Å². The molecule has 0 aliphatic rings. The van der Waals surface area contributed by atoms with Crippen LogP contribution in [0.3, 0.4) is 0 Å². The lowest BCUT2D eigenvalue weighted by Crippen LogP contribution is -2.23. The molecule has 0 bridgehead atoms. The van der Waals surface area contributed by atoms with Gasteiger partial charge in [0.1, 0.15) is 0 Å². The van der Waals surface area contributed by atoms with Crippen LogP contribution < -0.4 is 11.5 Å². The molecular formula is C8H9F3N4. The van der Waals surface area contributed by atoms with Gasteiger partial charge in [0, 0.05) is 6.20 Å². The van der Waals surface area contributed by atoms with Gasteiger partial charge in [-0.15, -0.1) is 0 Å². The number of rotatable bonds is 2. The molecule has 4 N–H and O–H groups in total. The summed E-state index contributed by atoms with van der Waals surface area (Å²) >= 11 is 0. The van der Waals surface area contributed by atoms with Crippen LogP contribution in [-0.4, -0.2) is 10.9 Å². The van der Waals surface area contributed by atoms with Crippen molar-refractivity contribution in [1.29, 1.82) is 0 Å². The zero-order valence-electron chi connectivity index (χ0n) is 7.62. The number of pyridine rings is 1. The number of hydrogen-bond acceptors (Lipinski definition) is 2. The van der Waals surface area contributed by atoms with Crippen molar-refractivity contribution in [3.05, 3.63) is 29.6 Å². The molecule has 1 heterocycles. The van der Waals surface area contributed by atoms with Gasteiger partial charge in [0.05, 0.1) is 17.8 Å². The maximum Gasteiger partial charge on any atom is 0.418 e. The average molecular weight is 218 g/mol. The van der Waals surface area contributed by atoms with E-state index in [2.05, 4.69) is 9.98 Å². The van der Waals surface area contributed by atoms with Crippen molar-refractivity contribution in [2.24, 2.45) is 16.5 Å². The van der Waals surface area contributed by atoms with E-state index < -0.39 is 11.7 Å². The molecule has 0 fully saturated rings. The van der Waals surface area contributed by atoms with Crippen molar-refractivity contribution in [3.8, 4) is 0 Å². The molecule has 7 heteroatoms. The molecule has 0 aromatic carbocycles. The van der Waals surface area contributed by atoms with Gasteiger partial charge in [-0.3, -0.25) is 4.98 Å². The Morgan fingerprint density at radius 1 is 1.40 bits per heavy atom. The molecule has 0 saturated carbocycles. The number of aromatic nitrogens is 1. The van der Waals surface area contributed by atoms with Gasteiger partial charge < -0.3 is 11.5 Å². The summed E-state index contributed by atoms with van der Waals surface area (Å²) in [6.07, 6.45) is -3.19. The van der Waals surface area contributed by atoms with Crippen LogP contribution in [-0.2, 0) is 12.7 Å². The fraction of sp³-hybridized carbons (Fsp3) is 0.250. The van der Waals surface area contributed by atoms with Gasteiger partial charge in [0.15, 0.2) is 5.96 Å². The van der Waals surface area contributed by atoms with Gasteiger partial charge in [-0.1, -0.05) is 0 Å². The molecule has 0 atom stereocenters. The smallest absolute Gasteiger partial charge is 0.370 e. The minimum absolute atomic E-state index is 0.196. The van der Waals surface area contributed by atoms with Gasteiger partial charge in [-0.2, -0.15) is 13.2 Å². The Morgan fingerprint density at radius 3 is 2.60 bits per heavy atom. The van der Waals surface area contributed by atoms with Gasteiger partial charge in [-0.05, 0) is 12.1 Å². The lowest BCUT2D eigenvalue weighted by molar-refractivity contribution is -0.138. The second-order valence-corrected chi connectivity index (χ2v) is 2.74. The standard InChI is InChI=1S/C8H9F3N4/c9-8(10,11)5-2-1-3-14-6(5)4-15-7(12)13/h1-3H,4H2,(H4,12,13,15). The first-order chi connectivity index (χ1) is 6.91. The molecule has 1 aromatic rings. The predicted molar refractivity (Wildman–Crippen MR) is 48.8 cm³/mol. The van der Waals surface area contributed by atoms with Gasteiger partial charge in [0.2, 0.25) is 0 Å². The van der Waals surface area contributed by atoms with Gasteiger partial charge in [0.25, 0.3) is 0 Å². The van der Waals surface area contributed by atoms with Crippen molar-refractivity contribution in [2.45, 2.75) is 12.7 Å². The number of halogens is 3. The topological polar surface area (TPSA) is 77.3 Å². The van der Waals surface area contributed by atoms with Crippen molar-refractivity contribution in [1.82, 2.24) is 4.98 Å². The van der Waals surface area contributed by atoms with E-state index in [-0.39, 0.29) is 18.2 Å². The molecule has 0 unspecified atom stereocenters. The van der Waals surface area contributed by atoms with Gasteiger partial charge >= 0.3 is 6.18 Å². The Kier molecular flexibility index (Phi) is 3.13. The summed E-state index contributed by atoms with van der Waals surface area (Å²) in [5, 5.41) is 0. The number of nitrogens with two attached hydrogens (primary N) is 2. The summed E-state index contributed by atoms with van der Waals surface area (Å²) in [7, 11) is 0. The number of guanidine groups is 1. The molecule has 0 aliphatic carbocycles. The average Bonchev–Trinajstić information content (AvgIpc) is 2.13. The number of alkyl halides is 3. The zero-order chi connectivity index (χ0) is 11.5. The summed E-state index contributed by atoms with van der Waals surface area (Å²) in [4.78, 5) is 7.06. The first kappa shape index (κ1) is 11.3. The van der Waals surface area contributed by atoms with E-state index in [4.69, 9.17) is 11.5 Å². The minimum Gasteiger partial charge on any atom is -0.370 e. The highest BCUT2D eigenvalue weighted by molar-refractivity contribution is 5.75. The third-order valence-electron chi connectivity index (χ3n) is 1.61. The van der Waals surface area contributed by atoms with E-state index >= 15 is 0 Å². The van der Waals surface area contributed by atoms with E-state index in [0.29, 0.717) is 0 Å². The third kappa shape index (κ3) is 3.12. The Morgan fingerprint density at radius 2 is 2.07 bits per heavy atom.